The fourth-order valence-electron chi connectivity index (χ4n) is 1.29. The summed E-state index contributed by atoms with van der Waals surface area (Å²) in [5.74, 6) is -0.793. The van der Waals surface area contributed by atoms with E-state index in [0.29, 0.717) is 24.3 Å². The van der Waals surface area contributed by atoms with Crippen molar-refractivity contribution in [3.63, 3.8) is 0 Å². The van der Waals surface area contributed by atoms with Crippen molar-refractivity contribution < 1.29 is 15.0 Å². The molecule has 2 N–H and O–H groups in total. The van der Waals surface area contributed by atoms with Gasteiger partial charge in [-0.25, -0.2) is 0 Å². The van der Waals surface area contributed by atoms with Crippen molar-refractivity contribution in [3.8, 4) is 0 Å². The zero-order chi connectivity index (χ0) is 11.3. The number of unbranched alkanes of at least 4 members (excludes halogenated alkanes) is 1. The molecule has 84 valence electrons. The minimum absolute atomic E-state index is 0.158. The first kappa shape index (κ1) is 12.5. The van der Waals surface area contributed by atoms with Crippen LogP contribution in [0.25, 0.3) is 0 Å². The molecule has 0 radical (unpaired) electrons. The van der Waals surface area contributed by atoms with E-state index in [1.54, 1.807) is 6.07 Å². The molecule has 15 heavy (non-hydrogen) atoms. The van der Waals surface area contributed by atoms with Crippen molar-refractivity contribution in [3.05, 3.63) is 21.3 Å². The predicted molar refractivity (Wildman–Crippen MR) is 60.4 cm³/mol. The molecule has 1 atom stereocenters. The molecule has 0 saturated heterocycles. The maximum atomic E-state index is 10.2. The van der Waals surface area contributed by atoms with Gasteiger partial charge in [-0.2, -0.15) is 0 Å². The number of carboxylic acids is 1. The lowest BCUT2D eigenvalue weighted by Gasteiger charge is -2.08. The number of thiophene rings is 1. The largest absolute Gasteiger partial charge is 0.481 e. The van der Waals surface area contributed by atoms with Crippen molar-refractivity contribution in [1.29, 1.82) is 0 Å². The molecule has 0 aliphatic carbocycles. The zero-order valence-corrected chi connectivity index (χ0v) is 9.72. The van der Waals surface area contributed by atoms with Crippen molar-refractivity contribution in [2.45, 2.75) is 31.8 Å². The summed E-state index contributed by atoms with van der Waals surface area (Å²) in [6, 6.07) is 1.75. The van der Waals surface area contributed by atoms with Gasteiger partial charge in [0.05, 0.1) is 16.0 Å². The average molecular weight is 249 g/mol. The second kappa shape index (κ2) is 6.10. The number of aliphatic carboxylic acids is 1. The van der Waals surface area contributed by atoms with Gasteiger partial charge in [-0.05, 0) is 30.7 Å². The first-order chi connectivity index (χ1) is 7.11. The molecule has 0 aliphatic rings. The van der Waals surface area contributed by atoms with E-state index in [4.69, 9.17) is 16.7 Å². The van der Waals surface area contributed by atoms with E-state index in [1.165, 1.54) is 11.3 Å². The van der Waals surface area contributed by atoms with Crippen LogP contribution in [0.1, 0.15) is 36.7 Å². The predicted octanol–water partition coefficient (Wildman–Crippen LogP) is 3.08. The van der Waals surface area contributed by atoms with Gasteiger partial charge in [0.15, 0.2) is 0 Å². The Labute approximate surface area is 97.3 Å². The second-order valence-electron chi connectivity index (χ2n) is 3.29. The Balaban J connectivity index is 2.28. The molecule has 0 saturated carbocycles. The molecule has 0 fully saturated rings. The quantitative estimate of drug-likeness (QED) is 0.761. The van der Waals surface area contributed by atoms with Crippen LogP contribution in [0, 0.1) is 0 Å². The van der Waals surface area contributed by atoms with E-state index in [0.717, 1.165) is 4.88 Å². The van der Waals surface area contributed by atoms with Gasteiger partial charge in [0.2, 0.25) is 0 Å². The summed E-state index contributed by atoms with van der Waals surface area (Å²) >= 11 is 7.28. The van der Waals surface area contributed by atoms with Gasteiger partial charge in [0.25, 0.3) is 0 Å². The lowest BCUT2D eigenvalue weighted by Crippen LogP contribution is -1.98. The smallest absolute Gasteiger partial charge is 0.303 e. The van der Waals surface area contributed by atoms with Crippen LogP contribution in [-0.4, -0.2) is 16.2 Å². The highest BCUT2D eigenvalue weighted by Gasteiger charge is 2.12. The third-order valence-electron chi connectivity index (χ3n) is 2.07. The Kier molecular flexibility index (Phi) is 5.08. The van der Waals surface area contributed by atoms with Crippen LogP contribution < -0.4 is 0 Å². The number of hydrogen-bond donors (Lipinski definition) is 2. The number of rotatable bonds is 6. The molecular weight excluding hydrogens is 236 g/mol. The summed E-state index contributed by atoms with van der Waals surface area (Å²) in [5.41, 5.74) is 0. The Morgan fingerprint density at radius 1 is 1.53 bits per heavy atom. The SMILES string of the molecule is O=C(O)CCCCC(O)c1sccc1Cl. The lowest BCUT2D eigenvalue weighted by atomic mass is 10.1. The number of carbonyl (C=O) groups is 1. The van der Waals surface area contributed by atoms with Crippen LogP contribution in [0.4, 0.5) is 0 Å². The first-order valence-electron chi connectivity index (χ1n) is 4.74. The Bertz CT molecular complexity index is 324. The van der Waals surface area contributed by atoms with Gasteiger partial charge < -0.3 is 10.2 Å². The van der Waals surface area contributed by atoms with Crippen LogP contribution in [0.15, 0.2) is 11.4 Å². The third kappa shape index (κ3) is 4.20. The number of aliphatic hydroxyl groups is 1. The van der Waals surface area contributed by atoms with Gasteiger partial charge in [-0.15, -0.1) is 11.3 Å². The monoisotopic (exact) mass is 248 g/mol. The average Bonchev–Trinajstić information content (AvgIpc) is 2.58. The van der Waals surface area contributed by atoms with E-state index in [1.807, 2.05) is 5.38 Å². The van der Waals surface area contributed by atoms with Gasteiger partial charge in [-0.3, -0.25) is 4.79 Å². The molecule has 1 unspecified atom stereocenters. The zero-order valence-electron chi connectivity index (χ0n) is 8.15. The molecule has 0 aliphatic heterocycles. The molecular formula is C10H13ClO3S. The number of hydrogen-bond acceptors (Lipinski definition) is 3. The standard InChI is InChI=1S/C10H13ClO3S/c11-7-5-6-15-10(7)8(12)3-1-2-4-9(13)14/h5-6,8,12H,1-4H2,(H,13,14). The summed E-state index contributed by atoms with van der Waals surface area (Å²) in [6.45, 7) is 0. The third-order valence-corrected chi connectivity index (χ3v) is 3.53. The van der Waals surface area contributed by atoms with Gasteiger partial charge >= 0.3 is 5.97 Å². The molecule has 3 nitrogen and oxygen atoms in total. The van der Waals surface area contributed by atoms with Crippen LogP contribution in [0.5, 0.6) is 0 Å². The summed E-state index contributed by atoms with van der Waals surface area (Å²) < 4.78 is 0. The molecule has 0 aromatic carbocycles. The van der Waals surface area contributed by atoms with Crippen LogP contribution >= 0.6 is 22.9 Å². The van der Waals surface area contributed by atoms with Crippen molar-refractivity contribution in [2.24, 2.45) is 0 Å². The van der Waals surface area contributed by atoms with Crippen molar-refractivity contribution in [2.75, 3.05) is 0 Å². The molecule has 1 rings (SSSR count). The van der Waals surface area contributed by atoms with Gasteiger partial charge in [0, 0.05) is 6.42 Å². The Hall–Kier alpha value is -0.580. The van der Waals surface area contributed by atoms with Crippen molar-refractivity contribution in [1.82, 2.24) is 0 Å². The fraction of sp³-hybridized carbons (Fsp3) is 0.500. The Morgan fingerprint density at radius 2 is 2.27 bits per heavy atom. The molecule has 1 heterocycles. The molecule has 5 heteroatoms. The maximum Gasteiger partial charge on any atom is 0.303 e. The fourth-order valence-corrected chi connectivity index (χ4v) is 2.49. The van der Waals surface area contributed by atoms with E-state index in [-0.39, 0.29) is 6.42 Å². The van der Waals surface area contributed by atoms with E-state index < -0.39 is 12.1 Å². The number of halogens is 1. The van der Waals surface area contributed by atoms with E-state index in [9.17, 15) is 9.90 Å². The molecule has 0 amide bonds. The van der Waals surface area contributed by atoms with E-state index >= 15 is 0 Å². The summed E-state index contributed by atoms with van der Waals surface area (Å²) in [5, 5.41) is 20.6. The maximum absolute atomic E-state index is 10.2. The van der Waals surface area contributed by atoms with Gasteiger partial charge in [0.1, 0.15) is 0 Å². The second-order valence-corrected chi connectivity index (χ2v) is 4.64. The summed E-state index contributed by atoms with van der Waals surface area (Å²) in [4.78, 5) is 11.0. The Morgan fingerprint density at radius 3 is 2.80 bits per heavy atom. The normalized spacial score (nSPS) is 12.7. The van der Waals surface area contributed by atoms with Crippen LogP contribution in [-0.2, 0) is 4.79 Å². The topological polar surface area (TPSA) is 57.5 Å². The molecule has 1 aromatic rings. The first-order valence-corrected chi connectivity index (χ1v) is 5.99. The highest BCUT2D eigenvalue weighted by molar-refractivity contribution is 7.10. The highest BCUT2D eigenvalue weighted by atomic mass is 35.5. The van der Waals surface area contributed by atoms with E-state index in [2.05, 4.69) is 0 Å². The van der Waals surface area contributed by atoms with Crippen molar-refractivity contribution >= 4 is 28.9 Å². The number of carboxylic acid groups (broad SMARTS) is 1. The van der Waals surface area contributed by atoms with Crippen LogP contribution in [0.2, 0.25) is 5.02 Å². The summed E-state index contributed by atoms with van der Waals surface area (Å²) in [7, 11) is 0. The molecule has 1 aromatic heterocycles. The highest BCUT2D eigenvalue weighted by Crippen LogP contribution is 2.31. The van der Waals surface area contributed by atoms with Crippen LogP contribution in [0.3, 0.4) is 0 Å². The lowest BCUT2D eigenvalue weighted by molar-refractivity contribution is -0.137. The summed E-state index contributed by atoms with van der Waals surface area (Å²) in [6.07, 6.45) is 1.45. The van der Waals surface area contributed by atoms with Gasteiger partial charge in [-0.1, -0.05) is 11.6 Å². The number of aliphatic hydroxyl groups excluding tert-OH is 1. The molecule has 0 spiro atoms. The minimum Gasteiger partial charge on any atom is -0.481 e. The molecule has 0 bridgehead atoms. The minimum atomic E-state index is -0.793.